The number of ether oxygens (including phenoxy) is 1. The summed E-state index contributed by atoms with van der Waals surface area (Å²) in [6.45, 7) is 2.60. The van der Waals surface area contributed by atoms with Crippen molar-refractivity contribution in [3.05, 3.63) is 23.3 Å². The predicted octanol–water partition coefficient (Wildman–Crippen LogP) is 1.27. The lowest BCUT2D eigenvalue weighted by molar-refractivity contribution is -0.00983. The van der Waals surface area contributed by atoms with Gasteiger partial charge in [0.2, 0.25) is 0 Å². The number of nitrogen functional groups attached to an aromatic ring is 1. The number of benzene rings is 1. The molecule has 4 nitrogen and oxygen atoms in total. The highest BCUT2D eigenvalue weighted by Gasteiger charge is 2.26. The molecule has 0 radical (unpaired) electrons. The normalized spacial score (nSPS) is 23.9. The molecule has 88 valence electrons. The Kier molecular flexibility index (Phi) is 3.03. The second-order valence-electron chi connectivity index (χ2n) is 4.19. The molecule has 4 heteroatoms. The summed E-state index contributed by atoms with van der Waals surface area (Å²) in [7, 11) is 1.89. The second-order valence-corrected chi connectivity index (χ2v) is 4.19. The molecule has 1 heterocycles. The molecular weight excluding hydrogens is 202 g/mol. The van der Waals surface area contributed by atoms with Crippen LogP contribution < -0.4 is 16.8 Å². The summed E-state index contributed by atoms with van der Waals surface area (Å²) in [5, 5.41) is 3.17. The van der Waals surface area contributed by atoms with Crippen LogP contribution in [0.1, 0.15) is 24.2 Å². The van der Waals surface area contributed by atoms with Gasteiger partial charge in [0.25, 0.3) is 0 Å². The lowest BCUT2D eigenvalue weighted by Crippen LogP contribution is -2.32. The second kappa shape index (κ2) is 4.31. The quantitative estimate of drug-likeness (QED) is 0.658. The molecular formula is C12H19N3O. The van der Waals surface area contributed by atoms with E-state index in [1.807, 2.05) is 19.2 Å². The summed E-state index contributed by atoms with van der Waals surface area (Å²) in [6.07, 6.45) is 1.01. The van der Waals surface area contributed by atoms with Crippen LogP contribution in [0.4, 0.5) is 11.4 Å². The van der Waals surface area contributed by atoms with Crippen molar-refractivity contribution >= 4 is 11.4 Å². The minimum absolute atomic E-state index is 0.0880. The number of nitrogens with two attached hydrogens (primary N) is 2. The Morgan fingerprint density at radius 3 is 2.88 bits per heavy atom. The largest absolute Gasteiger partial charge is 0.397 e. The molecule has 0 bridgehead atoms. The Balaban J connectivity index is 2.48. The maximum Gasteiger partial charge on any atom is 0.0804 e. The first-order valence-electron chi connectivity index (χ1n) is 5.62. The van der Waals surface area contributed by atoms with Gasteiger partial charge in [-0.3, -0.25) is 0 Å². The number of hydrogen-bond acceptors (Lipinski definition) is 4. The van der Waals surface area contributed by atoms with Crippen LogP contribution in [-0.4, -0.2) is 19.7 Å². The lowest BCUT2D eigenvalue weighted by Gasteiger charge is -2.31. The van der Waals surface area contributed by atoms with Crippen LogP contribution in [0.2, 0.25) is 0 Å². The van der Waals surface area contributed by atoms with Gasteiger partial charge in [-0.25, -0.2) is 0 Å². The minimum atomic E-state index is 0.0880. The van der Waals surface area contributed by atoms with Gasteiger partial charge in [-0.1, -0.05) is 6.07 Å². The third-order valence-corrected chi connectivity index (χ3v) is 3.16. The van der Waals surface area contributed by atoms with Crippen molar-refractivity contribution in [1.82, 2.24) is 0 Å². The van der Waals surface area contributed by atoms with E-state index < -0.39 is 0 Å². The maximum atomic E-state index is 5.95. The third-order valence-electron chi connectivity index (χ3n) is 3.16. The average molecular weight is 221 g/mol. The standard InChI is InChI=1S/C12H19N3O/c1-7-9-3-4-11(14)12(15-2)10(9)5-8(6-13)16-7/h3-4,7-8,15H,5-6,13-14H2,1-2H3. The monoisotopic (exact) mass is 221 g/mol. The fourth-order valence-electron chi connectivity index (χ4n) is 2.35. The lowest BCUT2D eigenvalue weighted by atomic mass is 9.92. The molecule has 1 aromatic carbocycles. The van der Waals surface area contributed by atoms with E-state index in [0.717, 1.165) is 17.8 Å². The highest BCUT2D eigenvalue weighted by Crippen LogP contribution is 2.36. The minimum Gasteiger partial charge on any atom is -0.397 e. The van der Waals surface area contributed by atoms with Gasteiger partial charge in [-0.05, 0) is 24.1 Å². The van der Waals surface area contributed by atoms with E-state index >= 15 is 0 Å². The molecule has 2 unspecified atom stereocenters. The van der Waals surface area contributed by atoms with Gasteiger partial charge in [0.1, 0.15) is 0 Å². The van der Waals surface area contributed by atoms with Crippen LogP contribution in [0.5, 0.6) is 0 Å². The molecule has 0 saturated heterocycles. The Bertz CT molecular complexity index is 392. The van der Waals surface area contributed by atoms with E-state index in [0.29, 0.717) is 6.54 Å². The van der Waals surface area contributed by atoms with Crippen molar-refractivity contribution in [1.29, 1.82) is 0 Å². The van der Waals surface area contributed by atoms with Gasteiger partial charge in [-0.15, -0.1) is 0 Å². The molecule has 0 aliphatic carbocycles. The molecule has 0 fully saturated rings. The third kappa shape index (κ3) is 1.74. The van der Waals surface area contributed by atoms with E-state index in [4.69, 9.17) is 16.2 Å². The van der Waals surface area contributed by atoms with E-state index in [2.05, 4.69) is 12.2 Å². The Labute approximate surface area is 96.0 Å². The summed E-state index contributed by atoms with van der Waals surface area (Å²) >= 11 is 0. The van der Waals surface area contributed by atoms with Gasteiger partial charge in [-0.2, -0.15) is 0 Å². The summed E-state index contributed by atoms with van der Waals surface area (Å²) in [5.41, 5.74) is 15.9. The van der Waals surface area contributed by atoms with Crippen LogP contribution in [0, 0.1) is 0 Å². The fraction of sp³-hybridized carbons (Fsp3) is 0.500. The van der Waals surface area contributed by atoms with E-state index in [-0.39, 0.29) is 12.2 Å². The molecule has 0 amide bonds. The van der Waals surface area contributed by atoms with Crippen molar-refractivity contribution in [2.24, 2.45) is 5.73 Å². The van der Waals surface area contributed by atoms with Crippen LogP contribution in [-0.2, 0) is 11.2 Å². The zero-order valence-electron chi connectivity index (χ0n) is 9.79. The maximum absolute atomic E-state index is 5.95. The smallest absolute Gasteiger partial charge is 0.0804 e. The fourth-order valence-corrected chi connectivity index (χ4v) is 2.35. The summed E-state index contributed by atoms with van der Waals surface area (Å²) in [5.74, 6) is 0. The molecule has 1 aliphatic heterocycles. The molecule has 1 aliphatic rings. The average Bonchev–Trinajstić information content (AvgIpc) is 2.28. The van der Waals surface area contributed by atoms with Gasteiger partial charge >= 0.3 is 0 Å². The van der Waals surface area contributed by atoms with Crippen molar-refractivity contribution in [2.45, 2.75) is 25.6 Å². The zero-order chi connectivity index (χ0) is 11.7. The highest BCUT2D eigenvalue weighted by molar-refractivity contribution is 5.72. The number of hydrogen-bond donors (Lipinski definition) is 3. The molecule has 2 atom stereocenters. The molecule has 1 aromatic rings. The summed E-state index contributed by atoms with van der Waals surface area (Å²) < 4.78 is 5.81. The molecule has 2 rings (SSSR count). The highest BCUT2D eigenvalue weighted by atomic mass is 16.5. The number of rotatable bonds is 2. The first-order valence-corrected chi connectivity index (χ1v) is 5.62. The first-order chi connectivity index (χ1) is 7.67. The Morgan fingerprint density at radius 1 is 1.50 bits per heavy atom. The first kappa shape index (κ1) is 11.2. The molecule has 0 saturated carbocycles. The van der Waals surface area contributed by atoms with Gasteiger partial charge in [0, 0.05) is 20.0 Å². The Hall–Kier alpha value is -1.26. The van der Waals surface area contributed by atoms with Crippen LogP contribution in [0.3, 0.4) is 0 Å². The summed E-state index contributed by atoms with van der Waals surface area (Å²) in [4.78, 5) is 0. The van der Waals surface area contributed by atoms with Gasteiger partial charge in [0.15, 0.2) is 0 Å². The Morgan fingerprint density at radius 2 is 2.25 bits per heavy atom. The summed E-state index contributed by atoms with van der Waals surface area (Å²) in [6, 6.07) is 3.97. The zero-order valence-corrected chi connectivity index (χ0v) is 9.79. The molecule has 5 N–H and O–H groups in total. The number of anilines is 2. The van der Waals surface area contributed by atoms with E-state index in [9.17, 15) is 0 Å². The predicted molar refractivity (Wildman–Crippen MR) is 66.4 cm³/mol. The topological polar surface area (TPSA) is 73.3 Å². The van der Waals surface area contributed by atoms with E-state index in [1.54, 1.807) is 0 Å². The molecule has 16 heavy (non-hydrogen) atoms. The van der Waals surface area contributed by atoms with Crippen LogP contribution >= 0.6 is 0 Å². The van der Waals surface area contributed by atoms with Gasteiger partial charge in [0.05, 0.1) is 23.6 Å². The number of nitrogens with one attached hydrogen (secondary N) is 1. The van der Waals surface area contributed by atoms with Crippen molar-refractivity contribution in [2.75, 3.05) is 24.6 Å². The van der Waals surface area contributed by atoms with E-state index in [1.165, 1.54) is 11.1 Å². The van der Waals surface area contributed by atoms with Crippen molar-refractivity contribution < 1.29 is 4.74 Å². The van der Waals surface area contributed by atoms with Crippen molar-refractivity contribution in [3.63, 3.8) is 0 Å². The van der Waals surface area contributed by atoms with Crippen LogP contribution in [0.25, 0.3) is 0 Å². The number of fused-ring (bicyclic) bond motifs is 1. The molecule has 0 spiro atoms. The SMILES string of the molecule is CNc1c(N)ccc2c1CC(CN)OC2C. The van der Waals surface area contributed by atoms with Crippen molar-refractivity contribution in [3.8, 4) is 0 Å². The van der Waals surface area contributed by atoms with Crippen LogP contribution in [0.15, 0.2) is 12.1 Å². The molecule has 0 aromatic heterocycles. The van der Waals surface area contributed by atoms with Gasteiger partial charge < -0.3 is 21.5 Å².